The number of carboxylic acid groups (broad SMARTS) is 1. The fourth-order valence-corrected chi connectivity index (χ4v) is 7.38. The molecule has 1 atom stereocenters. The molecule has 8 rings (SSSR count). The summed E-state index contributed by atoms with van der Waals surface area (Å²) in [6.07, 6.45) is 4.06. The van der Waals surface area contributed by atoms with E-state index in [0.717, 1.165) is 62.1 Å². The number of anilines is 2. The molecule has 256 valence electrons. The second-order valence-electron chi connectivity index (χ2n) is 13.7. The number of aliphatic carboxylic acids is 1. The van der Waals surface area contributed by atoms with Crippen LogP contribution in [0.3, 0.4) is 0 Å². The van der Waals surface area contributed by atoms with Crippen molar-refractivity contribution >= 4 is 39.5 Å². The Kier molecular flexibility index (Phi) is 8.44. The number of fused-ring (bicyclic) bond motifs is 2. The highest BCUT2D eigenvalue weighted by Gasteiger charge is 2.28. The molecule has 3 aromatic heterocycles. The van der Waals surface area contributed by atoms with Gasteiger partial charge in [0.1, 0.15) is 17.1 Å². The van der Waals surface area contributed by atoms with Crippen LogP contribution in [0, 0.1) is 31.1 Å². The Bertz CT molecular complexity index is 2360. The van der Waals surface area contributed by atoms with Crippen LogP contribution in [0.4, 0.5) is 11.5 Å². The van der Waals surface area contributed by atoms with Crippen LogP contribution in [0.15, 0.2) is 77.5 Å². The highest BCUT2D eigenvalue weighted by atomic mass is 16.4. The third-order valence-corrected chi connectivity index (χ3v) is 10.1. The van der Waals surface area contributed by atoms with E-state index in [1.54, 1.807) is 6.20 Å². The highest BCUT2D eigenvalue weighted by molar-refractivity contribution is 5.91. The number of hydrogen-bond acceptors (Lipinski definition) is 10. The summed E-state index contributed by atoms with van der Waals surface area (Å²) in [5, 5.41) is 33.6. The molecule has 0 aliphatic carbocycles. The van der Waals surface area contributed by atoms with Gasteiger partial charge in [0, 0.05) is 61.8 Å². The minimum atomic E-state index is -0.767. The molecule has 0 amide bonds. The number of carboxylic acids is 1. The van der Waals surface area contributed by atoms with E-state index < -0.39 is 5.97 Å². The third-order valence-electron chi connectivity index (χ3n) is 10.1. The SMILES string of the molecule is Cc1c(Nc2nccc3cc(CN4CC(O)C4)cnc23)cccc1-c1cccc(-c2nc3cc(CN4CC[C@@H](C(=O)O)C4)cc(C#N)c3o2)c1C. The van der Waals surface area contributed by atoms with Crippen molar-refractivity contribution in [3.8, 4) is 28.7 Å². The number of aliphatic hydroxyl groups is 1. The minimum absolute atomic E-state index is 0.236. The molecule has 3 N–H and O–H groups in total. The van der Waals surface area contributed by atoms with E-state index in [1.807, 2.05) is 48.7 Å². The van der Waals surface area contributed by atoms with E-state index in [-0.39, 0.29) is 12.0 Å². The van der Waals surface area contributed by atoms with Crippen LogP contribution >= 0.6 is 0 Å². The fourth-order valence-electron chi connectivity index (χ4n) is 7.38. The molecule has 5 heterocycles. The number of nitrogens with zero attached hydrogens (tertiary/aromatic N) is 6. The normalized spacial score (nSPS) is 16.8. The first-order chi connectivity index (χ1) is 24.7. The number of aromatic nitrogens is 3. The Balaban J connectivity index is 1.07. The van der Waals surface area contributed by atoms with Gasteiger partial charge in [0.25, 0.3) is 0 Å². The van der Waals surface area contributed by atoms with E-state index in [0.29, 0.717) is 67.5 Å². The Morgan fingerprint density at radius 1 is 0.961 bits per heavy atom. The topological polar surface area (TPSA) is 152 Å². The zero-order valence-electron chi connectivity index (χ0n) is 28.4. The second-order valence-corrected chi connectivity index (χ2v) is 13.7. The van der Waals surface area contributed by atoms with Gasteiger partial charge in [-0.15, -0.1) is 0 Å². The van der Waals surface area contributed by atoms with Crippen LogP contribution in [-0.4, -0.2) is 73.2 Å². The van der Waals surface area contributed by atoms with Gasteiger partial charge in [0.2, 0.25) is 5.89 Å². The Labute approximate surface area is 294 Å². The number of rotatable bonds is 9. The van der Waals surface area contributed by atoms with Crippen LogP contribution in [0.25, 0.3) is 44.6 Å². The number of likely N-dealkylation sites (tertiary alicyclic amines) is 2. The van der Waals surface area contributed by atoms with Gasteiger partial charge in [-0.1, -0.05) is 24.3 Å². The molecule has 0 spiro atoms. The van der Waals surface area contributed by atoms with Crippen LogP contribution < -0.4 is 5.32 Å². The molecular formula is C40H37N7O4. The van der Waals surface area contributed by atoms with Crippen LogP contribution in [-0.2, 0) is 17.9 Å². The lowest BCUT2D eigenvalue weighted by atomic mass is 9.93. The zero-order valence-corrected chi connectivity index (χ0v) is 28.4. The number of oxazole rings is 1. The van der Waals surface area contributed by atoms with Gasteiger partial charge in [0.05, 0.1) is 17.6 Å². The van der Waals surface area contributed by atoms with Crippen LogP contribution in [0.1, 0.15) is 34.2 Å². The average Bonchev–Trinajstić information content (AvgIpc) is 3.76. The first-order valence-electron chi connectivity index (χ1n) is 17.1. The molecule has 3 aromatic carbocycles. The number of β-amino-alcohol motifs (C(OH)–C–C–N with tert-alkyl or cyclic N) is 1. The van der Waals surface area contributed by atoms with Crippen molar-refractivity contribution in [2.45, 2.75) is 39.5 Å². The van der Waals surface area contributed by atoms with Gasteiger partial charge in [-0.25, -0.2) is 9.97 Å². The first kappa shape index (κ1) is 32.5. The van der Waals surface area contributed by atoms with E-state index >= 15 is 0 Å². The number of benzene rings is 3. The van der Waals surface area contributed by atoms with E-state index in [4.69, 9.17) is 14.4 Å². The van der Waals surface area contributed by atoms with Gasteiger partial charge in [-0.3, -0.25) is 19.6 Å². The number of hydrogen-bond donors (Lipinski definition) is 3. The maximum Gasteiger partial charge on any atom is 0.307 e. The summed E-state index contributed by atoms with van der Waals surface area (Å²) in [6.45, 7) is 8.01. The monoisotopic (exact) mass is 679 g/mol. The standard InChI is InChI=1S/C40H37N7O4/c1-23-31(5-3-7-33(23)39-45-35-15-25(13-29(16-41)37(35)51-39)18-46-12-10-28(20-46)40(49)50)32-6-4-8-34(24(32)2)44-38-36-27(9-11-42-38)14-26(17-43-36)19-47-21-30(48)22-47/h3-9,11,13-15,17,28,30,48H,10,12,18-22H2,1-2H3,(H,42,44)(H,49,50)/t28-/m1/s1. The summed E-state index contributed by atoms with van der Waals surface area (Å²) in [5.41, 5.74) is 10.1. The highest BCUT2D eigenvalue weighted by Crippen LogP contribution is 2.38. The van der Waals surface area contributed by atoms with Gasteiger partial charge in [-0.05, 0) is 96.6 Å². The zero-order chi connectivity index (χ0) is 35.2. The molecule has 6 aromatic rings. The van der Waals surface area contributed by atoms with E-state index in [2.05, 4.69) is 58.2 Å². The summed E-state index contributed by atoms with van der Waals surface area (Å²) in [4.78, 5) is 30.0. The summed E-state index contributed by atoms with van der Waals surface area (Å²) in [6, 6.07) is 22.3. The van der Waals surface area contributed by atoms with E-state index in [1.165, 1.54) is 0 Å². The summed E-state index contributed by atoms with van der Waals surface area (Å²) >= 11 is 0. The molecule has 0 saturated carbocycles. The maximum absolute atomic E-state index is 11.5. The minimum Gasteiger partial charge on any atom is -0.481 e. The van der Waals surface area contributed by atoms with Gasteiger partial charge in [-0.2, -0.15) is 5.26 Å². The van der Waals surface area contributed by atoms with Crippen LogP contribution in [0.5, 0.6) is 0 Å². The number of nitrogens with one attached hydrogen (secondary N) is 1. The van der Waals surface area contributed by atoms with Crippen molar-refractivity contribution in [2.75, 3.05) is 31.5 Å². The second kappa shape index (κ2) is 13.2. The Hall–Kier alpha value is -5.67. The molecule has 2 fully saturated rings. The molecule has 11 nitrogen and oxygen atoms in total. The fraction of sp³-hybridized carbons (Fsp3) is 0.275. The molecule has 2 aliphatic heterocycles. The van der Waals surface area contributed by atoms with Crippen molar-refractivity contribution in [3.63, 3.8) is 0 Å². The summed E-state index contributed by atoms with van der Waals surface area (Å²) < 4.78 is 6.27. The predicted octanol–water partition coefficient (Wildman–Crippen LogP) is 6.42. The van der Waals surface area contributed by atoms with Crippen molar-refractivity contribution in [3.05, 3.63) is 101 Å². The predicted molar refractivity (Wildman–Crippen MR) is 194 cm³/mol. The number of carbonyl (C=O) groups is 1. The molecule has 0 radical (unpaired) electrons. The van der Waals surface area contributed by atoms with Gasteiger partial charge < -0.3 is 19.9 Å². The summed E-state index contributed by atoms with van der Waals surface area (Å²) in [5.74, 6) is -0.0181. The smallest absolute Gasteiger partial charge is 0.307 e. The third kappa shape index (κ3) is 6.30. The molecule has 51 heavy (non-hydrogen) atoms. The molecule has 2 aliphatic rings. The molecule has 0 bridgehead atoms. The molecule has 0 unspecified atom stereocenters. The summed E-state index contributed by atoms with van der Waals surface area (Å²) in [7, 11) is 0. The largest absolute Gasteiger partial charge is 0.481 e. The lowest BCUT2D eigenvalue weighted by Crippen LogP contribution is -2.49. The molecule has 2 saturated heterocycles. The average molecular weight is 680 g/mol. The van der Waals surface area contributed by atoms with Gasteiger partial charge >= 0.3 is 5.97 Å². The Morgan fingerprint density at radius 3 is 2.49 bits per heavy atom. The van der Waals surface area contributed by atoms with Crippen LogP contribution in [0.2, 0.25) is 0 Å². The lowest BCUT2D eigenvalue weighted by molar-refractivity contribution is -0.141. The van der Waals surface area contributed by atoms with E-state index in [9.17, 15) is 20.3 Å². The Morgan fingerprint density at radius 2 is 1.73 bits per heavy atom. The lowest BCUT2D eigenvalue weighted by Gasteiger charge is -2.35. The van der Waals surface area contributed by atoms with Crippen molar-refractivity contribution in [2.24, 2.45) is 5.92 Å². The first-order valence-corrected chi connectivity index (χ1v) is 17.1. The molecule has 11 heteroatoms. The van der Waals surface area contributed by atoms with Crippen molar-refractivity contribution in [1.29, 1.82) is 5.26 Å². The number of nitriles is 1. The van der Waals surface area contributed by atoms with Gasteiger partial charge in [0.15, 0.2) is 11.4 Å². The number of pyridine rings is 2. The maximum atomic E-state index is 11.5. The molecular weight excluding hydrogens is 642 g/mol. The van der Waals surface area contributed by atoms with Crippen molar-refractivity contribution < 1.29 is 19.4 Å². The van der Waals surface area contributed by atoms with Crippen molar-refractivity contribution in [1.82, 2.24) is 24.8 Å². The number of aliphatic hydroxyl groups excluding tert-OH is 1. The quantitative estimate of drug-likeness (QED) is 0.155.